The van der Waals surface area contributed by atoms with Crippen LogP contribution in [-0.2, 0) is 13.4 Å². The zero-order valence-electron chi connectivity index (χ0n) is 6.17. The van der Waals surface area contributed by atoms with Gasteiger partial charge in [0.15, 0.2) is 4.31 Å². The van der Waals surface area contributed by atoms with E-state index < -0.39 is 16.5 Å². The SMILES string of the molecule is CCO.O=[P+](O)O[P+](=O)O.[Na]. The molecule has 0 saturated carbocycles. The molecular weight excluding hydrogens is 205 g/mol. The van der Waals surface area contributed by atoms with Gasteiger partial charge in [0.25, 0.3) is 0 Å². The van der Waals surface area contributed by atoms with Gasteiger partial charge in [0.1, 0.15) is 0 Å². The number of aliphatic hydroxyl groups is 1. The van der Waals surface area contributed by atoms with Gasteiger partial charge in [0.05, 0.1) is 0 Å². The molecule has 0 rings (SSSR count). The zero-order chi connectivity index (χ0) is 8.57. The summed E-state index contributed by atoms with van der Waals surface area (Å²) in [6.45, 7) is 1.93. The van der Waals surface area contributed by atoms with Crippen LogP contribution < -0.4 is 0 Å². The third-order valence-corrected chi connectivity index (χ3v) is 1.26. The molecule has 0 amide bonds. The molecule has 0 heterocycles. The molecule has 0 bridgehead atoms. The average molecular weight is 213 g/mol. The Hall–Kier alpha value is 1.04. The summed E-state index contributed by atoms with van der Waals surface area (Å²) in [7, 11) is -5.85. The summed E-state index contributed by atoms with van der Waals surface area (Å²) in [5.41, 5.74) is 0. The summed E-state index contributed by atoms with van der Waals surface area (Å²) in [6, 6.07) is 0. The molecule has 0 aliphatic heterocycles. The standard InChI is InChI=1S/C2H6O.Na.O5P2/c1-2-3;;1-6(2)5-7(3)4/h3H,2H2,1H3;;/p+2. The molecule has 3 N–H and O–H groups in total. The second-order valence-corrected chi connectivity index (χ2v) is 2.48. The van der Waals surface area contributed by atoms with E-state index in [2.05, 4.69) is 4.31 Å². The van der Waals surface area contributed by atoms with Crippen LogP contribution in [0.5, 0.6) is 0 Å². The monoisotopic (exact) mass is 213 g/mol. The van der Waals surface area contributed by atoms with Crippen molar-refractivity contribution in [3.63, 3.8) is 0 Å². The summed E-state index contributed by atoms with van der Waals surface area (Å²) in [6.07, 6.45) is 0. The van der Waals surface area contributed by atoms with E-state index in [0.717, 1.165) is 0 Å². The fourth-order valence-corrected chi connectivity index (χ4v) is 0.538. The average Bonchev–Trinajstić information content (AvgIpc) is 1.62. The number of aliphatic hydroxyl groups excluding tert-OH is 1. The van der Waals surface area contributed by atoms with E-state index in [9.17, 15) is 9.13 Å². The van der Waals surface area contributed by atoms with Crippen LogP contribution in [0.1, 0.15) is 6.92 Å². The molecule has 0 fully saturated rings. The van der Waals surface area contributed by atoms with Gasteiger partial charge in [-0.05, 0) is 6.92 Å². The molecule has 0 aromatic rings. The van der Waals surface area contributed by atoms with Crippen molar-refractivity contribution in [3.8, 4) is 0 Å². The van der Waals surface area contributed by atoms with E-state index in [1.165, 1.54) is 0 Å². The molecule has 2 atom stereocenters. The van der Waals surface area contributed by atoms with E-state index >= 15 is 0 Å². The molecule has 2 unspecified atom stereocenters. The summed E-state index contributed by atoms with van der Waals surface area (Å²) in [5.74, 6) is 0. The van der Waals surface area contributed by atoms with Crippen LogP contribution >= 0.6 is 16.5 Å². The van der Waals surface area contributed by atoms with E-state index in [0.29, 0.717) is 0 Å². The van der Waals surface area contributed by atoms with Gasteiger partial charge in [-0.25, -0.2) is 0 Å². The number of rotatable bonds is 2. The minimum Gasteiger partial charge on any atom is -0.397 e. The van der Waals surface area contributed by atoms with Crippen molar-refractivity contribution in [1.82, 2.24) is 0 Å². The Balaban J connectivity index is -0.000000140. The summed E-state index contributed by atoms with van der Waals surface area (Å²) in [4.78, 5) is 15.3. The van der Waals surface area contributed by atoms with Crippen molar-refractivity contribution in [2.75, 3.05) is 6.61 Å². The minimum atomic E-state index is -2.92. The fourth-order valence-electron chi connectivity index (χ4n) is 0.0598. The Bertz CT molecular complexity index is 105. The number of hydrogen-bond acceptors (Lipinski definition) is 4. The first-order chi connectivity index (χ1) is 4.54. The molecule has 0 spiro atoms. The predicted octanol–water partition coefficient (Wildman–Crippen LogP) is -0.0798. The topological polar surface area (TPSA) is 104 Å². The van der Waals surface area contributed by atoms with Crippen LogP contribution in [0.25, 0.3) is 0 Å². The zero-order valence-corrected chi connectivity index (χ0v) is 9.96. The van der Waals surface area contributed by atoms with Crippen molar-refractivity contribution in [2.45, 2.75) is 6.92 Å². The Morgan fingerprint density at radius 3 is 1.45 bits per heavy atom. The smallest absolute Gasteiger partial charge is 0.397 e. The molecule has 0 aromatic heterocycles. The van der Waals surface area contributed by atoms with Gasteiger partial charge in [-0.3, -0.25) is 0 Å². The fraction of sp³-hybridized carbons (Fsp3) is 1.00. The summed E-state index contributed by atoms with van der Waals surface area (Å²) >= 11 is 0. The molecule has 11 heavy (non-hydrogen) atoms. The molecule has 0 aliphatic carbocycles. The maximum absolute atomic E-state index is 9.39. The largest absolute Gasteiger partial charge is 0.745 e. The molecule has 6 nitrogen and oxygen atoms in total. The normalized spacial score (nSPS) is 10.2. The summed E-state index contributed by atoms with van der Waals surface area (Å²) < 4.78 is 22.2. The first-order valence-electron chi connectivity index (χ1n) is 2.15. The number of hydrogen-bond donors (Lipinski definition) is 3. The van der Waals surface area contributed by atoms with Crippen molar-refractivity contribution in [1.29, 1.82) is 0 Å². The van der Waals surface area contributed by atoms with Gasteiger partial charge >= 0.3 is 16.5 Å². The van der Waals surface area contributed by atoms with Crippen LogP contribution in [0.15, 0.2) is 0 Å². The molecule has 1 radical (unpaired) electrons. The summed E-state index contributed by atoms with van der Waals surface area (Å²) in [5, 5.41) is 7.57. The van der Waals surface area contributed by atoms with Crippen molar-refractivity contribution in [3.05, 3.63) is 0 Å². The van der Waals surface area contributed by atoms with E-state index in [-0.39, 0.29) is 36.2 Å². The van der Waals surface area contributed by atoms with Gasteiger partial charge in [-0.2, -0.15) is 0 Å². The molecule has 0 saturated heterocycles. The van der Waals surface area contributed by atoms with E-state index in [1.54, 1.807) is 6.92 Å². The van der Waals surface area contributed by atoms with Gasteiger partial charge in [0, 0.05) is 45.3 Å². The van der Waals surface area contributed by atoms with Gasteiger partial charge in [-0.15, -0.1) is 9.79 Å². The maximum Gasteiger partial charge on any atom is 0.745 e. The Morgan fingerprint density at radius 1 is 1.27 bits per heavy atom. The third-order valence-electron chi connectivity index (χ3n) is 0.140. The van der Waals surface area contributed by atoms with Crippen LogP contribution in [0.4, 0.5) is 0 Å². The van der Waals surface area contributed by atoms with Gasteiger partial charge < -0.3 is 5.11 Å². The van der Waals surface area contributed by atoms with Gasteiger partial charge in [-0.1, -0.05) is 0 Å². The minimum absolute atomic E-state index is 0. The van der Waals surface area contributed by atoms with Crippen molar-refractivity contribution >= 4 is 46.1 Å². The van der Waals surface area contributed by atoms with Crippen LogP contribution in [0, 0.1) is 0 Å². The van der Waals surface area contributed by atoms with Crippen molar-refractivity contribution < 1.29 is 28.3 Å². The molecule has 61 valence electrons. The predicted molar refractivity (Wildman–Crippen MR) is 39.2 cm³/mol. The quantitative estimate of drug-likeness (QED) is 0.437. The molecular formula is C2H8NaO6P2+2. The second kappa shape index (κ2) is 13.6. The Kier molecular flexibility index (Phi) is 22.2. The Morgan fingerprint density at radius 2 is 1.45 bits per heavy atom. The molecule has 9 heteroatoms. The van der Waals surface area contributed by atoms with E-state index in [1.807, 2.05) is 0 Å². The van der Waals surface area contributed by atoms with Crippen LogP contribution in [-0.4, -0.2) is 51.1 Å². The van der Waals surface area contributed by atoms with Gasteiger partial charge in [0.2, 0.25) is 0 Å². The first kappa shape index (κ1) is 18.0. The van der Waals surface area contributed by atoms with Crippen LogP contribution in [0.2, 0.25) is 0 Å². The van der Waals surface area contributed by atoms with Crippen molar-refractivity contribution in [2.24, 2.45) is 0 Å². The maximum atomic E-state index is 9.39. The van der Waals surface area contributed by atoms with Crippen LogP contribution in [0.3, 0.4) is 0 Å². The Labute approximate surface area is 87.8 Å². The first-order valence-corrected chi connectivity index (χ1v) is 4.41. The second-order valence-electron chi connectivity index (χ2n) is 0.874. The third kappa shape index (κ3) is 35.5. The molecule has 0 aromatic carbocycles. The molecule has 0 aliphatic rings. The van der Waals surface area contributed by atoms with E-state index in [4.69, 9.17) is 14.9 Å².